The van der Waals surface area contributed by atoms with Crippen molar-refractivity contribution in [2.75, 3.05) is 31.5 Å². The summed E-state index contributed by atoms with van der Waals surface area (Å²) >= 11 is 0. The summed E-state index contributed by atoms with van der Waals surface area (Å²) in [4.78, 5) is 13.9. The van der Waals surface area contributed by atoms with Gasteiger partial charge in [0.2, 0.25) is 15.9 Å². The van der Waals surface area contributed by atoms with Crippen LogP contribution < -0.4 is 5.32 Å². The van der Waals surface area contributed by atoms with Crippen molar-refractivity contribution in [3.8, 4) is 0 Å². The molecule has 0 bridgehead atoms. The summed E-state index contributed by atoms with van der Waals surface area (Å²) in [7, 11) is -4.31. The van der Waals surface area contributed by atoms with Crippen molar-refractivity contribution in [2.24, 2.45) is 0 Å². The van der Waals surface area contributed by atoms with Crippen molar-refractivity contribution in [2.45, 2.75) is 43.3 Å². The summed E-state index contributed by atoms with van der Waals surface area (Å²) in [5.41, 5.74) is 2.12. The molecule has 1 aliphatic heterocycles. The van der Waals surface area contributed by atoms with Gasteiger partial charge in [-0.15, -0.1) is 0 Å². The summed E-state index contributed by atoms with van der Waals surface area (Å²) in [6, 6.07) is 9.61. The van der Waals surface area contributed by atoms with Crippen molar-refractivity contribution in [1.29, 1.82) is 0 Å². The average Bonchev–Trinajstić information content (AvgIpc) is 3.26. The molecular formula is C23H26F3N3O3S. The largest absolute Gasteiger partial charge is 0.417 e. The van der Waals surface area contributed by atoms with Gasteiger partial charge in [-0.05, 0) is 61.6 Å². The van der Waals surface area contributed by atoms with Gasteiger partial charge in [-0.2, -0.15) is 17.5 Å². The number of hydrogen-bond donors (Lipinski definition) is 1. The molecule has 0 saturated carbocycles. The Bertz CT molecular complexity index is 1140. The summed E-state index contributed by atoms with van der Waals surface area (Å²) in [6.45, 7) is 2.24. The van der Waals surface area contributed by atoms with Gasteiger partial charge in [0, 0.05) is 31.9 Å². The Balaban J connectivity index is 1.40. The number of hydrogen-bond acceptors (Lipinski definition) is 4. The van der Waals surface area contributed by atoms with E-state index in [0.717, 1.165) is 41.4 Å². The molecule has 0 aromatic heterocycles. The van der Waals surface area contributed by atoms with Gasteiger partial charge in [0.05, 0.1) is 16.5 Å². The van der Waals surface area contributed by atoms with E-state index < -0.39 is 32.7 Å². The SMILES string of the molecule is CC(C(=O)Nc1ccc2c(c1)CCC2)N1CCN(S(=O)(=O)c2ccccc2C(F)(F)F)CC1. The first-order chi connectivity index (χ1) is 15.6. The molecule has 6 nitrogen and oxygen atoms in total. The van der Waals surface area contributed by atoms with Crippen molar-refractivity contribution >= 4 is 21.6 Å². The van der Waals surface area contributed by atoms with Gasteiger partial charge in [-0.1, -0.05) is 18.2 Å². The van der Waals surface area contributed by atoms with Gasteiger partial charge in [0.1, 0.15) is 0 Å². The van der Waals surface area contributed by atoms with Crippen LogP contribution in [0.5, 0.6) is 0 Å². The number of nitrogens with one attached hydrogen (secondary N) is 1. The van der Waals surface area contributed by atoms with Gasteiger partial charge < -0.3 is 5.32 Å². The number of halogens is 3. The van der Waals surface area contributed by atoms with Crippen LogP contribution in [0, 0.1) is 0 Å². The molecule has 1 N–H and O–H groups in total. The van der Waals surface area contributed by atoms with Crippen molar-refractivity contribution < 1.29 is 26.4 Å². The Labute approximate surface area is 191 Å². The molecule has 0 radical (unpaired) electrons. The van der Waals surface area contributed by atoms with Crippen LogP contribution in [0.25, 0.3) is 0 Å². The Morgan fingerprint density at radius 3 is 2.36 bits per heavy atom. The third kappa shape index (κ3) is 4.92. The fourth-order valence-corrected chi connectivity index (χ4v) is 6.09. The Kier molecular flexibility index (Phi) is 6.52. The van der Waals surface area contributed by atoms with E-state index in [0.29, 0.717) is 0 Å². The number of sulfonamides is 1. The minimum Gasteiger partial charge on any atom is -0.325 e. The van der Waals surface area contributed by atoms with Gasteiger partial charge >= 0.3 is 6.18 Å². The minimum atomic E-state index is -4.77. The van der Waals surface area contributed by atoms with Crippen LogP contribution in [0.15, 0.2) is 47.4 Å². The first-order valence-electron chi connectivity index (χ1n) is 10.9. The second-order valence-corrected chi connectivity index (χ2v) is 10.3. The molecule has 10 heteroatoms. The average molecular weight is 482 g/mol. The van der Waals surface area contributed by atoms with Crippen LogP contribution >= 0.6 is 0 Å². The highest BCUT2D eigenvalue weighted by molar-refractivity contribution is 7.89. The Morgan fingerprint density at radius 1 is 1.00 bits per heavy atom. The van der Waals surface area contributed by atoms with E-state index in [1.807, 2.05) is 23.1 Å². The first-order valence-corrected chi connectivity index (χ1v) is 12.3. The maximum atomic E-state index is 13.3. The molecule has 1 atom stereocenters. The number of aryl methyl sites for hydroxylation is 2. The third-order valence-electron chi connectivity index (χ3n) is 6.38. The molecule has 2 aromatic carbocycles. The number of carbonyl (C=O) groups is 1. The van der Waals surface area contributed by atoms with Crippen LogP contribution in [-0.2, 0) is 33.8 Å². The van der Waals surface area contributed by atoms with Gasteiger partial charge in [0.15, 0.2) is 0 Å². The minimum absolute atomic E-state index is 0.00495. The molecule has 1 saturated heterocycles. The highest BCUT2D eigenvalue weighted by Crippen LogP contribution is 2.35. The molecule has 2 aliphatic rings. The predicted octanol–water partition coefficient (Wildman–Crippen LogP) is 3.53. The maximum Gasteiger partial charge on any atom is 0.417 e. The second kappa shape index (κ2) is 9.08. The number of alkyl halides is 3. The van der Waals surface area contributed by atoms with Crippen molar-refractivity contribution in [1.82, 2.24) is 9.21 Å². The van der Waals surface area contributed by atoms with E-state index in [9.17, 15) is 26.4 Å². The van der Waals surface area contributed by atoms with Crippen molar-refractivity contribution in [3.63, 3.8) is 0 Å². The molecule has 1 amide bonds. The summed E-state index contributed by atoms with van der Waals surface area (Å²) in [5.74, 6) is -0.202. The highest BCUT2D eigenvalue weighted by atomic mass is 32.2. The van der Waals surface area contributed by atoms with E-state index in [1.54, 1.807) is 6.92 Å². The van der Waals surface area contributed by atoms with Gasteiger partial charge in [-0.25, -0.2) is 8.42 Å². The molecular weight excluding hydrogens is 455 g/mol. The van der Waals surface area contributed by atoms with E-state index in [2.05, 4.69) is 5.32 Å². The molecule has 2 aromatic rings. The zero-order valence-electron chi connectivity index (χ0n) is 18.2. The molecule has 1 fully saturated rings. The number of carbonyl (C=O) groups excluding carboxylic acids is 1. The lowest BCUT2D eigenvalue weighted by Gasteiger charge is -2.37. The fraction of sp³-hybridized carbons (Fsp3) is 0.435. The zero-order chi connectivity index (χ0) is 23.8. The molecule has 33 heavy (non-hydrogen) atoms. The molecule has 1 unspecified atom stereocenters. The Hall–Kier alpha value is -2.43. The fourth-order valence-electron chi connectivity index (χ4n) is 4.46. The van der Waals surface area contributed by atoms with Gasteiger partial charge in [-0.3, -0.25) is 9.69 Å². The quantitative estimate of drug-likeness (QED) is 0.710. The standard InChI is InChI=1S/C23H26F3N3O3S/c1-16(22(30)27-19-10-9-17-5-4-6-18(17)15-19)28-11-13-29(14-12-28)33(31,32)21-8-3-2-7-20(21)23(24,25)26/h2-3,7-10,15-16H,4-6,11-14H2,1H3,(H,27,30). The molecule has 1 heterocycles. The number of fused-ring (bicyclic) bond motifs is 1. The lowest BCUT2D eigenvalue weighted by Crippen LogP contribution is -2.54. The van der Waals surface area contributed by atoms with Gasteiger partial charge in [0.25, 0.3) is 0 Å². The summed E-state index contributed by atoms with van der Waals surface area (Å²) in [6.07, 6.45) is -1.59. The monoisotopic (exact) mass is 481 g/mol. The lowest BCUT2D eigenvalue weighted by molar-refractivity contribution is -0.140. The molecule has 1 aliphatic carbocycles. The molecule has 0 spiro atoms. The second-order valence-electron chi connectivity index (χ2n) is 8.44. The number of piperazine rings is 1. The smallest absolute Gasteiger partial charge is 0.325 e. The number of benzene rings is 2. The number of rotatable bonds is 5. The summed E-state index contributed by atoms with van der Waals surface area (Å²) < 4.78 is 66.9. The number of amides is 1. The summed E-state index contributed by atoms with van der Waals surface area (Å²) in [5, 5.41) is 2.92. The molecule has 178 valence electrons. The number of nitrogens with zero attached hydrogens (tertiary/aromatic N) is 2. The first kappa shape index (κ1) is 23.7. The topological polar surface area (TPSA) is 69.7 Å². The van der Waals surface area contributed by atoms with Crippen molar-refractivity contribution in [3.05, 3.63) is 59.2 Å². The third-order valence-corrected chi connectivity index (χ3v) is 8.33. The van der Waals surface area contributed by atoms with E-state index in [4.69, 9.17) is 0 Å². The predicted molar refractivity (Wildman–Crippen MR) is 118 cm³/mol. The van der Waals surface area contributed by atoms with Crippen LogP contribution in [0.3, 0.4) is 0 Å². The normalized spacial score (nSPS) is 18.7. The Morgan fingerprint density at radius 2 is 1.67 bits per heavy atom. The highest BCUT2D eigenvalue weighted by Gasteiger charge is 2.40. The lowest BCUT2D eigenvalue weighted by atomic mass is 10.1. The van der Waals surface area contributed by atoms with E-state index in [1.165, 1.54) is 23.3 Å². The number of anilines is 1. The van der Waals surface area contributed by atoms with Crippen LogP contribution in [0.1, 0.15) is 30.0 Å². The zero-order valence-corrected chi connectivity index (χ0v) is 19.0. The molecule has 4 rings (SSSR count). The van der Waals surface area contributed by atoms with E-state index >= 15 is 0 Å². The van der Waals surface area contributed by atoms with Crippen LogP contribution in [0.2, 0.25) is 0 Å². The van der Waals surface area contributed by atoms with Crippen LogP contribution in [0.4, 0.5) is 18.9 Å². The van der Waals surface area contributed by atoms with Crippen LogP contribution in [-0.4, -0.2) is 55.8 Å². The maximum absolute atomic E-state index is 13.3. The van der Waals surface area contributed by atoms with E-state index in [-0.39, 0.29) is 32.1 Å².